The molecule has 0 unspecified atom stereocenters. The second-order valence-corrected chi connectivity index (χ2v) is 8.14. The van der Waals surface area contributed by atoms with Gasteiger partial charge in [-0.1, -0.05) is 30.3 Å². The molecule has 36 heavy (non-hydrogen) atoms. The Hall–Kier alpha value is -4.66. The standard InChI is InChI=1S/C27H25N3O6/c1-17-6-2-3-8-20(17)24(11-12-26(31)32)36-25-14-19(35-16-18-7-4-5-13-28-18)9-10-21(25)22-15-23(27(33)34)30-29-22/h2-10,13-15,24H,11-12,16H2,1H3,(H,29,30)(H,31,32)(H,33,34)/t24-/m1/s1. The first-order chi connectivity index (χ1) is 17.4. The number of carboxylic acid groups (broad SMARTS) is 2. The average molecular weight is 488 g/mol. The number of aryl methyl sites for hydroxylation is 1. The van der Waals surface area contributed by atoms with Gasteiger partial charge in [-0.2, -0.15) is 5.10 Å². The first kappa shape index (κ1) is 24.5. The number of nitrogens with zero attached hydrogens (tertiary/aromatic N) is 2. The van der Waals surface area contributed by atoms with Gasteiger partial charge in [0.1, 0.15) is 29.9 Å². The van der Waals surface area contributed by atoms with Crippen molar-refractivity contribution in [1.82, 2.24) is 15.2 Å². The Morgan fingerprint density at radius 1 is 1.03 bits per heavy atom. The van der Waals surface area contributed by atoms with Crippen LogP contribution >= 0.6 is 0 Å². The quantitative estimate of drug-likeness (QED) is 0.268. The van der Waals surface area contributed by atoms with Gasteiger partial charge in [-0.25, -0.2) is 4.79 Å². The van der Waals surface area contributed by atoms with Gasteiger partial charge in [0.2, 0.25) is 0 Å². The Balaban J connectivity index is 1.70. The van der Waals surface area contributed by atoms with Crippen molar-refractivity contribution >= 4 is 11.9 Å². The van der Waals surface area contributed by atoms with Crippen LogP contribution < -0.4 is 9.47 Å². The number of hydrogen-bond donors (Lipinski definition) is 3. The summed E-state index contributed by atoms with van der Waals surface area (Å²) >= 11 is 0. The molecule has 0 aliphatic carbocycles. The maximum Gasteiger partial charge on any atom is 0.353 e. The van der Waals surface area contributed by atoms with Crippen LogP contribution in [0.25, 0.3) is 11.3 Å². The molecule has 2 heterocycles. The van der Waals surface area contributed by atoms with Crippen molar-refractivity contribution in [3.63, 3.8) is 0 Å². The van der Waals surface area contributed by atoms with E-state index in [1.807, 2.05) is 49.4 Å². The van der Waals surface area contributed by atoms with Crippen molar-refractivity contribution in [2.75, 3.05) is 0 Å². The summed E-state index contributed by atoms with van der Waals surface area (Å²) in [5.74, 6) is -1.17. The normalized spacial score (nSPS) is 11.6. The smallest absolute Gasteiger partial charge is 0.353 e. The number of nitrogens with one attached hydrogen (secondary N) is 1. The van der Waals surface area contributed by atoms with Crippen LogP contribution in [0.2, 0.25) is 0 Å². The predicted molar refractivity (Wildman–Crippen MR) is 131 cm³/mol. The molecular weight excluding hydrogens is 462 g/mol. The molecule has 0 radical (unpaired) electrons. The van der Waals surface area contributed by atoms with Crippen LogP contribution in [0.4, 0.5) is 0 Å². The molecule has 0 saturated heterocycles. The van der Waals surface area contributed by atoms with E-state index in [9.17, 15) is 19.8 Å². The number of carboxylic acids is 2. The van der Waals surface area contributed by atoms with E-state index in [4.69, 9.17) is 9.47 Å². The summed E-state index contributed by atoms with van der Waals surface area (Å²) < 4.78 is 12.3. The predicted octanol–water partition coefficient (Wildman–Crippen LogP) is 5.04. The van der Waals surface area contributed by atoms with Crippen molar-refractivity contribution in [3.8, 4) is 22.8 Å². The number of H-pyrrole nitrogens is 1. The summed E-state index contributed by atoms with van der Waals surface area (Å²) in [6.45, 7) is 2.18. The fraction of sp³-hybridized carbons (Fsp3) is 0.185. The highest BCUT2D eigenvalue weighted by molar-refractivity contribution is 5.87. The van der Waals surface area contributed by atoms with Crippen LogP contribution in [-0.4, -0.2) is 37.3 Å². The van der Waals surface area contributed by atoms with Crippen molar-refractivity contribution in [2.24, 2.45) is 0 Å². The van der Waals surface area contributed by atoms with Gasteiger partial charge >= 0.3 is 11.9 Å². The lowest BCUT2D eigenvalue weighted by molar-refractivity contribution is -0.137. The molecule has 3 N–H and O–H groups in total. The van der Waals surface area contributed by atoms with Gasteiger partial charge in [-0.05, 0) is 54.8 Å². The molecule has 184 valence electrons. The topological polar surface area (TPSA) is 135 Å². The van der Waals surface area contributed by atoms with E-state index in [0.29, 0.717) is 22.8 Å². The molecular formula is C27H25N3O6. The van der Waals surface area contributed by atoms with E-state index < -0.39 is 18.0 Å². The molecule has 0 aliphatic rings. The van der Waals surface area contributed by atoms with Gasteiger partial charge < -0.3 is 19.7 Å². The molecule has 0 amide bonds. The maximum absolute atomic E-state index is 11.4. The largest absolute Gasteiger partial charge is 0.487 e. The molecule has 9 heteroatoms. The number of aromatic carboxylic acids is 1. The van der Waals surface area contributed by atoms with Crippen LogP contribution in [0.5, 0.6) is 11.5 Å². The summed E-state index contributed by atoms with van der Waals surface area (Å²) in [6.07, 6.45) is 1.27. The van der Waals surface area contributed by atoms with E-state index in [1.54, 1.807) is 24.4 Å². The first-order valence-corrected chi connectivity index (χ1v) is 11.3. The second kappa shape index (κ2) is 11.2. The highest BCUT2D eigenvalue weighted by Gasteiger charge is 2.21. The highest BCUT2D eigenvalue weighted by Crippen LogP contribution is 2.37. The van der Waals surface area contributed by atoms with Crippen LogP contribution in [0.3, 0.4) is 0 Å². The molecule has 0 spiro atoms. The van der Waals surface area contributed by atoms with E-state index >= 15 is 0 Å². The summed E-state index contributed by atoms with van der Waals surface area (Å²) in [5.41, 5.74) is 3.43. The minimum absolute atomic E-state index is 0.0623. The molecule has 2 aromatic carbocycles. The third kappa shape index (κ3) is 6.06. The zero-order valence-electron chi connectivity index (χ0n) is 19.5. The summed E-state index contributed by atoms with van der Waals surface area (Å²) in [4.78, 5) is 27.0. The Labute approximate surface area is 207 Å². The minimum Gasteiger partial charge on any atom is -0.487 e. The van der Waals surface area contributed by atoms with E-state index in [-0.39, 0.29) is 25.1 Å². The van der Waals surface area contributed by atoms with Crippen LogP contribution in [0.1, 0.15) is 46.3 Å². The number of hydrogen-bond acceptors (Lipinski definition) is 6. The fourth-order valence-corrected chi connectivity index (χ4v) is 3.75. The zero-order valence-corrected chi connectivity index (χ0v) is 19.5. The Bertz CT molecular complexity index is 1350. The monoisotopic (exact) mass is 487 g/mol. The summed E-state index contributed by atoms with van der Waals surface area (Å²) in [7, 11) is 0. The number of carbonyl (C=O) groups is 2. The van der Waals surface area contributed by atoms with Crippen molar-refractivity contribution in [2.45, 2.75) is 32.5 Å². The van der Waals surface area contributed by atoms with Crippen LogP contribution in [0, 0.1) is 6.92 Å². The molecule has 1 atom stereocenters. The Morgan fingerprint density at radius 2 is 1.83 bits per heavy atom. The zero-order chi connectivity index (χ0) is 25.5. The van der Waals surface area contributed by atoms with Crippen molar-refractivity contribution < 1.29 is 29.3 Å². The fourth-order valence-electron chi connectivity index (χ4n) is 3.75. The van der Waals surface area contributed by atoms with Gasteiger partial charge in [0.15, 0.2) is 0 Å². The molecule has 4 rings (SSSR count). The Kier molecular flexibility index (Phi) is 7.60. The molecule has 9 nitrogen and oxygen atoms in total. The lowest BCUT2D eigenvalue weighted by Crippen LogP contribution is -2.12. The van der Waals surface area contributed by atoms with E-state index in [1.165, 1.54) is 6.07 Å². The number of benzene rings is 2. The van der Waals surface area contributed by atoms with Gasteiger partial charge in [0.05, 0.1) is 11.4 Å². The van der Waals surface area contributed by atoms with Gasteiger partial charge in [-0.3, -0.25) is 14.9 Å². The number of rotatable bonds is 11. The van der Waals surface area contributed by atoms with Crippen LogP contribution in [0.15, 0.2) is 72.9 Å². The highest BCUT2D eigenvalue weighted by atomic mass is 16.5. The molecule has 4 aromatic rings. The molecule has 0 bridgehead atoms. The minimum atomic E-state index is -1.13. The maximum atomic E-state index is 11.4. The number of aromatic amines is 1. The molecule has 0 fully saturated rings. The van der Waals surface area contributed by atoms with Gasteiger partial charge in [-0.15, -0.1) is 0 Å². The third-order valence-electron chi connectivity index (χ3n) is 5.58. The molecule has 0 saturated carbocycles. The lowest BCUT2D eigenvalue weighted by Gasteiger charge is -2.23. The van der Waals surface area contributed by atoms with E-state index in [2.05, 4.69) is 15.2 Å². The van der Waals surface area contributed by atoms with Crippen LogP contribution in [-0.2, 0) is 11.4 Å². The lowest BCUT2D eigenvalue weighted by atomic mass is 9.99. The van der Waals surface area contributed by atoms with Crippen molar-refractivity contribution in [3.05, 3.63) is 95.4 Å². The van der Waals surface area contributed by atoms with Crippen molar-refractivity contribution in [1.29, 1.82) is 0 Å². The molecule has 0 aliphatic heterocycles. The number of aromatic nitrogens is 3. The SMILES string of the molecule is Cc1ccccc1[C@@H](CCC(=O)O)Oc1cc(OCc2ccccn2)ccc1-c1cc(C(=O)O)[nH]n1. The summed E-state index contributed by atoms with van der Waals surface area (Å²) in [5, 5.41) is 25.2. The second-order valence-electron chi connectivity index (χ2n) is 8.14. The Morgan fingerprint density at radius 3 is 2.53 bits per heavy atom. The number of ether oxygens (including phenoxy) is 2. The summed E-state index contributed by atoms with van der Waals surface area (Å²) in [6, 6.07) is 19.7. The molecule has 2 aromatic heterocycles. The van der Waals surface area contributed by atoms with Gasteiger partial charge in [0.25, 0.3) is 0 Å². The van der Waals surface area contributed by atoms with E-state index in [0.717, 1.165) is 16.8 Å². The number of pyridine rings is 1. The number of aliphatic carboxylic acids is 1. The van der Waals surface area contributed by atoms with Gasteiger partial charge in [0, 0.05) is 24.2 Å². The first-order valence-electron chi connectivity index (χ1n) is 11.3. The third-order valence-corrected chi connectivity index (χ3v) is 5.58. The average Bonchev–Trinajstić information content (AvgIpc) is 3.37.